The molecule has 0 radical (unpaired) electrons. The highest BCUT2D eigenvalue weighted by atomic mass is 16.3. The Morgan fingerprint density at radius 2 is 1.76 bits per heavy atom. The number of benzene rings is 2. The summed E-state index contributed by atoms with van der Waals surface area (Å²) in [5.74, 6) is 0. The summed E-state index contributed by atoms with van der Waals surface area (Å²) in [6, 6.07) is 17.4. The zero-order chi connectivity index (χ0) is 14.5. The van der Waals surface area contributed by atoms with Gasteiger partial charge in [0.1, 0.15) is 5.69 Å². The second-order valence-electron chi connectivity index (χ2n) is 4.63. The van der Waals surface area contributed by atoms with E-state index in [2.05, 4.69) is 15.5 Å². The van der Waals surface area contributed by atoms with Crippen LogP contribution in [-0.2, 0) is 13.2 Å². The molecule has 0 aliphatic heterocycles. The van der Waals surface area contributed by atoms with Gasteiger partial charge in [-0.15, -0.1) is 0 Å². The first-order valence-corrected chi connectivity index (χ1v) is 6.76. The summed E-state index contributed by atoms with van der Waals surface area (Å²) >= 11 is 0. The molecular weight excluding hydrogens is 264 g/mol. The minimum Gasteiger partial charge on any atom is -0.392 e. The standard InChI is InChI=1S/C16H16N4O/c21-12-13-6-4-5-9-16(13)17-10-14-11-18-20(19-14)15-7-2-1-3-8-15/h1-9,11,17,21H,10,12H2. The quantitative estimate of drug-likeness (QED) is 0.753. The summed E-state index contributed by atoms with van der Waals surface area (Å²) in [5.41, 5.74) is 3.55. The molecule has 1 heterocycles. The van der Waals surface area contributed by atoms with Crippen LogP contribution in [0.25, 0.3) is 5.69 Å². The molecule has 0 unspecified atom stereocenters. The largest absolute Gasteiger partial charge is 0.392 e. The Labute approximate surface area is 122 Å². The van der Waals surface area contributed by atoms with E-state index in [1.165, 1.54) is 0 Å². The molecule has 0 saturated heterocycles. The third-order valence-electron chi connectivity index (χ3n) is 3.17. The van der Waals surface area contributed by atoms with Gasteiger partial charge >= 0.3 is 0 Å². The third-order valence-corrected chi connectivity index (χ3v) is 3.17. The Morgan fingerprint density at radius 1 is 1.00 bits per heavy atom. The van der Waals surface area contributed by atoms with E-state index in [9.17, 15) is 5.11 Å². The van der Waals surface area contributed by atoms with Gasteiger partial charge in [0.2, 0.25) is 0 Å². The van der Waals surface area contributed by atoms with E-state index in [1.807, 2.05) is 54.6 Å². The molecule has 2 N–H and O–H groups in total. The van der Waals surface area contributed by atoms with Gasteiger partial charge in [-0.1, -0.05) is 36.4 Å². The second-order valence-corrected chi connectivity index (χ2v) is 4.63. The van der Waals surface area contributed by atoms with Crippen molar-refractivity contribution in [3.8, 4) is 5.69 Å². The molecule has 0 fully saturated rings. The van der Waals surface area contributed by atoms with Crippen molar-refractivity contribution < 1.29 is 5.11 Å². The van der Waals surface area contributed by atoms with Gasteiger partial charge in [-0.2, -0.15) is 15.0 Å². The van der Waals surface area contributed by atoms with Gasteiger partial charge in [0, 0.05) is 11.3 Å². The van der Waals surface area contributed by atoms with Crippen molar-refractivity contribution in [2.75, 3.05) is 5.32 Å². The maximum atomic E-state index is 9.30. The van der Waals surface area contributed by atoms with Crippen LogP contribution in [0, 0.1) is 0 Å². The van der Waals surface area contributed by atoms with E-state index in [1.54, 1.807) is 11.0 Å². The Kier molecular flexibility index (Phi) is 3.93. The number of rotatable bonds is 5. The first-order chi connectivity index (χ1) is 10.4. The molecule has 1 aromatic heterocycles. The number of aliphatic hydroxyl groups is 1. The number of nitrogens with zero attached hydrogens (tertiary/aromatic N) is 3. The Hall–Kier alpha value is -2.66. The topological polar surface area (TPSA) is 63.0 Å². The Bertz CT molecular complexity index is 709. The second kappa shape index (κ2) is 6.19. The highest BCUT2D eigenvalue weighted by Gasteiger charge is 2.04. The summed E-state index contributed by atoms with van der Waals surface area (Å²) in [5, 5.41) is 21.3. The molecule has 2 aromatic carbocycles. The van der Waals surface area contributed by atoms with Crippen LogP contribution in [0.4, 0.5) is 5.69 Å². The minimum atomic E-state index is 0.0138. The molecule has 0 atom stereocenters. The van der Waals surface area contributed by atoms with E-state index >= 15 is 0 Å². The summed E-state index contributed by atoms with van der Waals surface area (Å²) in [7, 11) is 0. The summed E-state index contributed by atoms with van der Waals surface area (Å²) in [4.78, 5) is 1.61. The smallest absolute Gasteiger partial charge is 0.102 e. The molecule has 5 nitrogen and oxygen atoms in total. The molecular formula is C16H16N4O. The summed E-state index contributed by atoms with van der Waals surface area (Å²) < 4.78 is 0. The average molecular weight is 280 g/mol. The maximum Gasteiger partial charge on any atom is 0.102 e. The Balaban J connectivity index is 1.71. The van der Waals surface area contributed by atoms with Crippen LogP contribution in [0.2, 0.25) is 0 Å². The lowest BCUT2D eigenvalue weighted by molar-refractivity contribution is 0.282. The van der Waals surface area contributed by atoms with Gasteiger partial charge in [-0.05, 0) is 18.2 Å². The molecule has 0 amide bonds. The fourth-order valence-electron chi connectivity index (χ4n) is 2.08. The van der Waals surface area contributed by atoms with Crippen molar-refractivity contribution in [2.24, 2.45) is 0 Å². The summed E-state index contributed by atoms with van der Waals surface area (Å²) in [6.07, 6.45) is 1.74. The molecule has 0 aliphatic carbocycles. The SMILES string of the molecule is OCc1ccccc1NCc1cnn(-c2ccccc2)n1. The van der Waals surface area contributed by atoms with E-state index in [-0.39, 0.29) is 6.61 Å². The fraction of sp³-hybridized carbons (Fsp3) is 0.125. The molecule has 3 rings (SSSR count). The molecule has 3 aromatic rings. The lowest BCUT2D eigenvalue weighted by Gasteiger charge is -2.08. The third kappa shape index (κ3) is 3.09. The highest BCUT2D eigenvalue weighted by Crippen LogP contribution is 2.15. The zero-order valence-electron chi connectivity index (χ0n) is 11.5. The van der Waals surface area contributed by atoms with Crippen LogP contribution in [0.3, 0.4) is 0 Å². The van der Waals surface area contributed by atoms with E-state index in [4.69, 9.17) is 0 Å². The van der Waals surface area contributed by atoms with Gasteiger partial charge in [0.15, 0.2) is 0 Å². The summed E-state index contributed by atoms with van der Waals surface area (Å²) in [6.45, 7) is 0.573. The molecule has 0 spiro atoms. The number of aliphatic hydroxyl groups excluding tert-OH is 1. The molecule has 5 heteroatoms. The fourth-order valence-corrected chi connectivity index (χ4v) is 2.08. The number of para-hydroxylation sites is 2. The number of anilines is 1. The molecule has 0 aliphatic rings. The number of hydrogen-bond donors (Lipinski definition) is 2. The van der Waals surface area contributed by atoms with E-state index < -0.39 is 0 Å². The van der Waals surface area contributed by atoms with E-state index in [0.717, 1.165) is 22.6 Å². The number of hydrogen-bond acceptors (Lipinski definition) is 4. The number of nitrogens with one attached hydrogen (secondary N) is 1. The van der Waals surface area contributed by atoms with Crippen molar-refractivity contribution in [1.29, 1.82) is 0 Å². The normalized spacial score (nSPS) is 10.5. The van der Waals surface area contributed by atoms with Gasteiger partial charge in [-0.3, -0.25) is 0 Å². The van der Waals surface area contributed by atoms with E-state index in [0.29, 0.717) is 6.54 Å². The van der Waals surface area contributed by atoms with Crippen LogP contribution >= 0.6 is 0 Å². The molecule has 0 saturated carbocycles. The van der Waals surface area contributed by atoms with Gasteiger partial charge < -0.3 is 10.4 Å². The first kappa shape index (κ1) is 13.3. The van der Waals surface area contributed by atoms with Crippen molar-refractivity contribution in [3.63, 3.8) is 0 Å². The van der Waals surface area contributed by atoms with Gasteiger partial charge in [-0.25, -0.2) is 0 Å². The lowest BCUT2D eigenvalue weighted by atomic mass is 10.2. The first-order valence-electron chi connectivity index (χ1n) is 6.76. The van der Waals surface area contributed by atoms with Crippen molar-refractivity contribution in [3.05, 3.63) is 72.1 Å². The van der Waals surface area contributed by atoms with Crippen molar-refractivity contribution >= 4 is 5.69 Å². The van der Waals surface area contributed by atoms with Crippen molar-refractivity contribution in [1.82, 2.24) is 15.0 Å². The minimum absolute atomic E-state index is 0.0138. The maximum absolute atomic E-state index is 9.30. The predicted molar refractivity (Wildman–Crippen MR) is 81.1 cm³/mol. The van der Waals surface area contributed by atoms with Crippen molar-refractivity contribution in [2.45, 2.75) is 13.2 Å². The molecule has 0 bridgehead atoms. The van der Waals surface area contributed by atoms with Crippen LogP contribution in [0.5, 0.6) is 0 Å². The van der Waals surface area contributed by atoms with Gasteiger partial charge in [0.25, 0.3) is 0 Å². The zero-order valence-corrected chi connectivity index (χ0v) is 11.5. The predicted octanol–water partition coefficient (Wildman–Crippen LogP) is 2.37. The van der Waals surface area contributed by atoms with Crippen LogP contribution < -0.4 is 5.32 Å². The monoisotopic (exact) mass is 280 g/mol. The average Bonchev–Trinajstić information content (AvgIpc) is 3.03. The number of aromatic nitrogens is 3. The molecule has 21 heavy (non-hydrogen) atoms. The van der Waals surface area contributed by atoms with Crippen LogP contribution in [-0.4, -0.2) is 20.1 Å². The van der Waals surface area contributed by atoms with Crippen LogP contribution in [0.1, 0.15) is 11.3 Å². The Morgan fingerprint density at radius 3 is 2.57 bits per heavy atom. The highest BCUT2D eigenvalue weighted by molar-refractivity contribution is 5.50. The lowest BCUT2D eigenvalue weighted by Crippen LogP contribution is -2.04. The molecule has 106 valence electrons. The van der Waals surface area contributed by atoms with Gasteiger partial charge in [0.05, 0.1) is 25.0 Å². The van der Waals surface area contributed by atoms with Crippen LogP contribution in [0.15, 0.2) is 60.8 Å².